The second kappa shape index (κ2) is 35.7. The van der Waals surface area contributed by atoms with Gasteiger partial charge in [0, 0.05) is 76.2 Å². The summed E-state index contributed by atoms with van der Waals surface area (Å²) >= 11 is 1.90. The lowest BCUT2D eigenvalue weighted by Crippen LogP contribution is -2.09. The Hall–Kier alpha value is -16.8. The average molecular weight is 1680 g/mol. The van der Waals surface area contributed by atoms with Crippen LogP contribution in [0.1, 0.15) is 0 Å². The molecule has 0 aliphatic carbocycles. The maximum Gasteiger partial charge on any atom is 0.143 e. The monoisotopic (exact) mass is 1670 g/mol. The second-order valence-electron chi connectivity index (χ2n) is 33.0. The topological polar surface area (TPSA) is 19.6 Å². The number of nitrogens with zero attached hydrogens (tertiary/aromatic N) is 2. The molecule has 0 amide bonds. The van der Waals surface area contributed by atoms with Gasteiger partial charge < -0.3 is 14.2 Å². The van der Waals surface area contributed by atoms with Crippen molar-refractivity contribution in [2.45, 2.75) is 0 Å². The van der Waals surface area contributed by atoms with Crippen LogP contribution in [-0.2, 0) is 0 Å². The fraction of sp³-hybridized carbons (Fsp3) is 0. The van der Waals surface area contributed by atoms with E-state index in [9.17, 15) is 0 Å². The maximum absolute atomic E-state index is 6.95. The number of anilines is 6. The van der Waals surface area contributed by atoms with Gasteiger partial charge in [-0.3, -0.25) is 0 Å². The predicted octanol–water partition coefficient (Wildman–Crippen LogP) is 36.3. The van der Waals surface area contributed by atoms with E-state index >= 15 is 0 Å². The molecule has 0 aliphatic rings. The molecule has 4 heteroatoms. The van der Waals surface area contributed by atoms with Gasteiger partial charge in [0.1, 0.15) is 11.2 Å². The van der Waals surface area contributed by atoms with Crippen LogP contribution in [0.15, 0.2) is 526 Å². The third-order valence-corrected chi connectivity index (χ3v) is 26.3. The quantitative estimate of drug-likeness (QED) is 0.0804. The van der Waals surface area contributed by atoms with Gasteiger partial charge in [-0.15, -0.1) is 11.3 Å². The summed E-state index contributed by atoms with van der Waals surface area (Å²) in [5.41, 5.74) is 39.1. The highest BCUT2D eigenvalue weighted by atomic mass is 32.1. The molecule has 0 saturated heterocycles. The van der Waals surface area contributed by atoms with Crippen LogP contribution < -0.4 is 9.80 Å². The van der Waals surface area contributed by atoms with Gasteiger partial charge in [-0.1, -0.05) is 419 Å². The molecule has 23 rings (SSSR count). The summed E-state index contributed by atoms with van der Waals surface area (Å²) in [6.07, 6.45) is 0. The van der Waals surface area contributed by atoms with Crippen LogP contribution in [0.4, 0.5) is 34.1 Å². The van der Waals surface area contributed by atoms with Crippen LogP contribution in [0.5, 0.6) is 0 Å². The summed E-state index contributed by atoms with van der Waals surface area (Å²) in [7, 11) is 0. The number of hydrogen-bond donors (Lipinski definition) is 0. The van der Waals surface area contributed by atoms with Gasteiger partial charge in [0.2, 0.25) is 0 Å². The zero-order chi connectivity index (χ0) is 86.5. The Bertz CT molecular complexity index is 7820. The molecule has 0 bridgehead atoms. The largest absolute Gasteiger partial charge is 0.455 e. The lowest BCUT2D eigenvalue weighted by molar-refractivity contribution is 0.671. The molecular formula is C126H86N2OS. The van der Waals surface area contributed by atoms with Gasteiger partial charge in [0.25, 0.3) is 0 Å². The predicted molar refractivity (Wildman–Crippen MR) is 553 cm³/mol. The van der Waals surface area contributed by atoms with Crippen molar-refractivity contribution in [2.75, 3.05) is 9.80 Å². The fourth-order valence-corrected chi connectivity index (χ4v) is 19.7. The van der Waals surface area contributed by atoms with E-state index in [0.717, 1.165) is 95.0 Å². The molecule has 23 aromatic rings. The summed E-state index contributed by atoms with van der Waals surface area (Å²) in [4.78, 5) is 4.69. The smallest absolute Gasteiger partial charge is 0.143 e. The molecule has 0 saturated carbocycles. The maximum atomic E-state index is 6.95. The molecule has 0 N–H and O–H groups in total. The van der Waals surface area contributed by atoms with Crippen molar-refractivity contribution in [3.8, 4) is 145 Å². The molecule has 21 aromatic carbocycles. The van der Waals surface area contributed by atoms with Crippen molar-refractivity contribution in [2.24, 2.45) is 0 Å². The van der Waals surface area contributed by atoms with Gasteiger partial charge in [0.15, 0.2) is 0 Å². The van der Waals surface area contributed by atoms with Gasteiger partial charge in [-0.2, -0.15) is 0 Å². The Morgan fingerprint density at radius 3 is 0.685 bits per heavy atom. The van der Waals surface area contributed by atoms with Gasteiger partial charge in [0.05, 0.1) is 0 Å². The number of rotatable bonds is 19. The number of para-hydroxylation sites is 1. The molecule has 0 radical (unpaired) electrons. The van der Waals surface area contributed by atoms with E-state index in [-0.39, 0.29) is 0 Å². The van der Waals surface area contributed by atoms with Crippen LogP contribution in [0.2, 0.25) is 0 Å². The Balaban J connectivity index is 0.000000153. The van der Waals surface area contributed by atoms with Crippen molar-refractivity contribution in [3.63, 3.8) is 0 Å². The number of benzene rings is 21. The molecule has 0 spiro atoms. The van der Waals surface area contributed by atoms with Crippen LogP contribution in [0.25, 0.3) is 187 Å². The van der Waals surface area contributed by atoms with Crippen LogP contribution in [0, 0.1) is 0 Å². The highest BCUT2D eigenvalue weighted by Crippen LogP contribution is 2.48. The highest BCUT2D eigenvalue weighted by Gasteiger charge is 2.23. The molecule has 612 valence electrons. The third kappa shape index (κ3) is 16.2. The standard InChI is InChI=1S/C66H45NS.C60H41NO/c1-4-14-46(15-5-1)48-28-30-49(31-29-48)50-32-38-58(39-33-50)67(59-40-34-51(35-41-59)55-21-10-20-54(44-55)47-16-6-2-7-17-47)60-42-36-52(37-43-60)56-22-11-23-57(45-56)62-25-13-27-64-63-26-12-24-61(65(63)68-66(62)64)53-18-8-3-9-19-53;1-5-15-42(16-6-1)45-27-33-52(34-28-45)61(53-35-29-46(30-36-53)43-17-7-2-8-18-43)54-37-31-47(32-38-54)49-23-13-24-50(39-49)57-40-51(44-19-9-3-10-20-44)41-58-56-26-14-25-55(59(56)62-60(57)58)48-21-11-4-12-22-48/h1-45H;1-41H. The van der Waals surface area contributed by atoms with Crippen LogP contribution >= 0.6 is 11.3 Å². The van der Waals surface area contributed by atoms with E-state index in [1.165, 1.54) is 126 Å². The summed E-state index contributed by atoms with van der Waals surface area (Å²) in [5, 5.41) is 4.83. The normalized spacial score (nSPS) is 11.2. The first kappa shape index (κ1) is 79.2. The Labute approximate surface area is 762 Å². The molecule has 0 unspecified atom stereocenters. The third-order valence-electron chi connectivity index (χ3n) is 25.0. The molecule has 3 nitrogen and oxygen atoms in total. The van der Waals surface area contributed by atoms with Crippen LogP contribution in [0.3, 0.4) is 0 Å². The van der Waals surface area contributed by atoms with Crippen molar-refractivity contribution >= 4 is 87.6 Å². The average Bonchev–Trinajstić information content (AvgIpc) is 1.65. The molecular weight excluding hydrogens is 1590 g/mol. The van der Waals surface area contributed by atoms with Crippen molar-refractivity contribution < 1.29 is 4.42 Å². The first-order valence-electron chi connectivity index (χ1n) is 44.4. The first-order valence-corrected chi connectivity index (χ1v) is 45.2. The van der Waals surface area contributed by atoms with E-state index in [2.05, 4.69) is 532 Å². The summed E-state index contributed by atoms with van der Waals surface area (Å²) in [5.74, 6) is 0. The van der Waals surface area contributed by atoms with Crippen molar-refractivity contribution in [3.05, 3.63) is 522 Å². The molecule has 130 heavy (non-hydrogen) atoms. The zero-order valence-electron chi connectivity index (χ0n) is 71.4. The van der Waals surface area contributed by atoms with E-state index in [1.54, 1.807) is 0 Å². The SMILES string of the molecule is c1ccc(-c2ccc(-c3ccc(N(c4ccc(-c5cccc(-c6ccccc6)c5)cc4)c4ccc(-c5cccc(-c6cccc7c6sc6c(-c8ccccc8)cccc67)c5)cc4)cc3)cc2)cc1.c1ccc(-c2ccc(N(c3ccc(-c4ccccc4)cc3)c3ccc(-c4cccc(-c5cc(-c6ccccc6)cc6c5oc5c(-c7ccccc7)cccc56)c4)cc3)cc2)cc1. The second-order valence-corrected chi connectivity index (χ2v) is 34.0. The van der Waals surface area contributed by atoms with Gasteiger partial charge in [-0.05, 0) is 237 Å². The highest BCUT2D eigenvalue weighted by molar-refractivity contribution is 7.26. The van der Waals surface area contributed by atoms with Crippen molar-refractivity contribution in [1.29, 1.82) is 0 Å². The number of thiophene rings is 1. The number of hydrogen-bond acceptors (Lipinski definition) is 4. The van der Waals surface area contributed by atoms with Gasteiger partial charge in [-0.25, -0.2) is 0 Å². The molecule has 0 fully saturated rings. The lowest BCUT2D eigenvalue weighted by Gasteiger charge is -2.26. The van der Waals surface area contributed by atoms with E-state index in [0.29, 0.717) is 0 Å². The van der Waals surface area contributed by atoms with E-state index in [4.69, 9.17) is 4.42 Å². The summed E-state index contributed by atoms with van der Waals surface area (Å²) in [6.45, 7) is 0. The Morgan fingerprint density at radius 2 is 0.346 bits per heavy atom. The minimum absolute atomic E-state index is 0.891. The molecule has 0 atom stereocenters. The molecule has 2 aromatic heterocycles. The first-order chi connectivity index (χ1) is 64.4. The zero-order valence-corrected chi connectivity index (χ0v) is 72.2. The molecule has 0 aliphatic heterocycles. The Kier molecular flexibility index (Phi) is 21.7. The van der Waals surface area contributed by atoms with E-state index < -0.39 is 0 Å². The van der Waals surface area contributed by atoms with Crippen molar-refractivity contribution in [1.82, 2.24) is 0 Å². The number of furan rings is 1. The van der Waals surface area contributed by atoms with Gasteiger partial charge >= 0.3 is 0 Å². The van der Waals surface area contributed by atoms with Crippen LogP contribution in [-0.4, -0.2) is 0 Å². The lowest BCUT2D eigenvalue weighted by atomic mass is 9.93. The minimum Gasteiger partial charge on any atom is -0.455 e. The van der Waals surface area contributed by atoms with E-state index in [1.807, 2.05) is 11.3 Å². The molecule has 2 heterocycles. The summed E-state index contributed by atoms with van der Waals surface area (Å²) < 4.78 is 9.59. The Morgan fingerprint density at radius 1 is 0.131 bits per heavy atom. The fourth-order valence-electron chi connectivity index (χ4n) is 18.3. The minimum atomic E-state index is 0.891. The summed E-state index contributed by atoms with van der Waals surface area (Å²) in [6, 6.07) is 188. The number of fused-ring (bicyclic) bond motifs is 6.